The molecule has 24 heavy (non-hydrogen) atoms. The van der Waals surface area contributed by atoms with Crippen molar-refractivity contribution < 1.29 is 9.18 Å². The first-order valence-corrected chi connectivity index (χ1v) is 9.49. The van der Waals surface area contributed by atoms with Crippen LogP contribution in [-0.4, -0.2) is 27.9 Å². The van der Waals surface area contributed by atoms with Crippen molar-refractivity contribution >= 4 is 34.1 Å². The zero-order valence-electron chi connectivity index (χ0n) is 13.9. The third-order valence-electron chi connectivity index (χ3n) is 3.31. The van der Waals surface area contributed by atoms with Gasteiger partial charge in [-0.1, -0.05) is 42.2 Å². The maximum atomic E-state index is 13.0. The number of aromatic nitrogens is 2. The Hall–Kier alpha value is -1.67. The highest BCUT2D eigenvalue weighted by atomic mass is 32.2. The van der Waals surface area contributed by atoms with Crippen LogP contribution in [0, 0.1) is 5.82 Å². The zero-order chi connectivity index (χ0) is 17.5. The molecule has 0 fully saturated rings. The van der Waals surface area contributed by atoms with Crippen molar-refractivity contribution in [3.63, 3.8) is 0 Å². The van der Waals surface area contributed by atoms with E-state index >= 15 is 0 Å². The molecule has 8 heteroatoms. The first kappa shape index (κ1) is 18.7. The van der Waals surface area contributed by atoms with Crippen LogP contribution in [0.25, 0.3) is 0 Å². The first-order valence-electron chi connectivity index (χ1n) is 7.79. The summed E-state index contributed by atoms with van der Waals surface area (Å²) in [5, 5.41) is 14.7. The third kappa shape index (κ3) is 5.45. The van der Waals surface area contributed by atoms with Crippen LogP contribution in [0.3, 0.4) is 0 Å². The van der Waals surface area contributed by atoms with Crippen molar-refractivity contribution in [3.8, 4) is 0 Å². The molecule has 0 aliphatic carbocycles. The van der Waals surface area contributed by atoms with Gasteiger partial charge in [-0.3, -0.25) is 4.79 Å². The van der Waals surface area contributed by atoms with Crippen LogP contribution in [0.2, 0.25) is 0 Å². The second-order valence-corrected chi connectivity index (χ2v) is 7.91. The average molecular weight is 369 g/mol. The molecule has 0 radical (unpaired) electrons. The number of amides is 1. The predicted octanol–water partition coefficient (Wildman–Crippen LogP) is 3.86. The molecule has 0 spiro atoms. The zero-order valence-corrected chi connectivity index (χ0v) is 15.5. The summed E-state index contributed by atoms with van der Waals surface area (Å²) in [4.78, 5) is 12.3. The number of hydrogen-bond acceptors (Lipinski definition) is 6. The van der Waals surface area contributed by atoms with Crippen LogP contribution in [0.5, 0.6) is 0 Å². The van der Waals surface area contributed by atoms with Gasteiger partial charge in [0.05, 0.1) is 11.3 Å². The first-order chi connectivity index (χ1) is 11.5. The fourth-order valence-corrected chi connectivity index (χ4v) is 3.86. The van der Waals surface area contributed by atoms with Crippen LogP contribution in [-0.2, 0) is 4.79 Å². The smallest absolute Gasteiger partial charge is 0.233 e. The number of rotatable bonds is 8. The number of benzene rings is 1. The molecule has 2 rings (SSSR count). The maximum absolute atomic E-state index is 13.0. The molecule has 1 aromatic carbocycles. The second kappa shape index (κ2) is 8.98. The molecular weight excluding hydrogens is 347 g/mol. The number of hydrogen-bond donors (Lipinski definition) is 2. The normalized spacial score (nSPS) is 13.3. The molecule has 5 nitrogen and oxygen atoms in total. The Bertz CT molecular complexity index is 662. The third-order valence-corrected chi connectivity index (χ3v) is 5.37. The average Bonchev–Trinajstić information content (AvgIpc) is 3.00. The lowest BCUT2D eigenvalue weighted by Gasteiger charge is -2.17. The van der Waals surface area contributed by atoms with E-state index in [4.69, 9.17) is 0 Å². The molecule has 0 saturated heterocycles. The minimum atomic E-state index is -0.292. The van der Waals surface area contributed by atoms with E-state index in [2.05, 4.69) is 27.8 Å². The minimum absolute atomic E-state index is 0.0879. The van der Waals surface area contributed by atoms with Gasteiger partial charge in [0.15, 0.2) is 4.34 Å². The van der Waals surface area contributed by atoms with Crippen LogP contribution in [0.4, 0.5) is 9.52 Å². The van der Waals surface area contributed by atoms with E-state index in [0.717, 1.165) is 28.0 Å². The Balaban J connectivity index is 1.87. The predicted molar refractivity (Wildman–Crippen MR) is 97.0 cm³/mol. The van der Waals surface area contributed by atoms with Crippen molar-refractivity contribution in [1.29, 1.82) is 0 Å². The maximum Gasteiger partial charge on any atom is 0.233 e. The Morgan fingerprint density at radius 3 is 2.67 bits per heavy atom. The van der Waals surface area contributed by atoms with E-state index < -0.39 is 0 Å². The summed E-state index contributed by atoms with van der Waals surface area (Å²) in [7, 11) is 0. The summed E-state index contributed by atoms with van der Waals surface area (Å²) in [5.74, 6) is -0.375. The van der Waals surface area contributed by atoms with Gasteiger partial charge in [0, 0.05) is 6.54 Å². The van der Waals surface area contributed by atoms with Gasteiger partial charge in [-0.25, -0.2) is 4.39 Å². The minimum Gasteiger partial charge on any atom is -0.360 e. The Labute approximate surface area is 149 Å². The number of carbonyl (C=O) groups excluding carboxylic acids is 1. The molecule has 130 valence electrons. The summed E-state index contributed by atoms with van der Waals surface area (Å²) in [6.45, 7) is 6.64. The molecule has 0 bridgehead atoms. The molecule has 2 atom stereocenters. The van der Waals surface area contributed by atoms with E-state index in [-0.39, 0.29) is 23.0 Å². The summed E-state index contributed by atoms with van der Waals surface area (Å²) in [5.41, 5.74) is 0.865. The van der Waals surface area contributed by atoms with Crippen LogP contribution >= 0.6 is 23.1 Å². The van der Waals surface area contributed by atoms with Crippen molar-refractivity contribution in [2.45, 2.75) is 42.8 Å². The summed E-state index contributed by atoms with van der Waals surface area (Å²) in [6, 6.07) is 5.95. The van der Waals surface area contributed by atoms with E-state index in [1.54, 1.807) is 12.1 Å². The summed E-state index contributed by atoms with van der Waals surface area (Å²) in [6.07, 6.45) is 1.02. The van der Waals surface area contributed by atoms with Crippen molar-refractivity contribution in [2.75, 3.05) is 11.9 Å². The van der Waals surface area contributed by atoms with Crippen molar-refractivity contribution in [1.82, 2.24) is 15.5 Å². The highest BCUT2D eigenvalue weighted by Crippen LogP contribution is 2.29. The van der Waals surface area contributed by atoms with Gasteiger partial charge >= 0.3 is 0 Å². The van der Waals surface area contributed by atoms with Gasteiger partial charge in [0.25, 0.3) is 0 Å². The summed E-state index contributed by atoms with van der Waals surface area (Å²) >= 11 is 2.82. The fourth-order valence-electron chi connectivity index (χ4n) is 1.93. The molecule has 2 N–H and O–H groups in total. The van der Waals surface area contributed by atoms with Gasteiger partial charge in [-0.15, -0.1) is 10.2 Å². The second-order valence-electron chi connectivity index (χ2n) is 5.34. The van der Waals surface area contributed by atoms with Crippen molar-refractivity contribution in [3.05, 3.63) is 35.6 Å². The molecule has 1 aromatic heterocycles. The van der Waals surface area contributed by atoms with Gasteiger partial charge in [0.2, 0.25) is 11.0 Å². The van der Waals surface area contributed by atoms with E-state index in [0.29, 0.717) is 0 Å². The molecule has 0 saturated carbocycles. The quantitative estimate of drug-likeness (QED) is 0.693. The lowest BCUT2D eigenvalue weighted by atomic mass is 10.1. The molecular formula is C16H21FN4OS2. The molecule has 1 amide bonds. The van der Waals surface area contributed by atoms with Crippen molar-refractivity contribution in [2.24, 2.45) is 0 Å². The summed E-state index contributed by atoms with van der Waals surface area (Å²) < 4.78 is 13.7. The molecule has 0 aliphatic rings. The molecule has 2 aromatic rings. The fraction of sp³-hybridized carbons (Fsp3) is 0.438. The van der Waals surface area contributed by atoms with E-state index in [9.17, 15) is 9.18 Å². The van der Waals surface area contributed by atoms with E-state index in [1.807, 2.05) is 13.8 Å². The monoisotopic (exact) mass is 368 g/mol. The number of anilines is 1. The van der Waals surface area contributed by atoms with Gasteiger partial charge in [0.1, 0.15) is 5.82 Å². The van der Waals surface area contributed by atoms with Crippen LogP contribution in [0.1, 0.15) is 38.8 Å². The Morgan fingerprint density at radius 2 is 2.00 bits per heavy atom. The molecule has 0 unspecified atom stereocenters. The Morgan fingerprint density at radius 1 is 1.29 bits per heavy atom. The highest BCUT2D eigenvalue weighted by Gasteiger charge is 2.19. The van der Waals surface area contributed by atoms with Gasteiger partial charge < -0.3 is 10.6 Å². The highest BCUT2D eigenvalue weighted by molar-refractivity contribution is 8.02. The number of carbonyl (C=O) groups is 1. The van der Waals surface area contributed by atoms with Crippen LogP contribution < -0.4 is 10.6 Å². The largest absolute Gasteiger partial charge is 0.360 e. The number of nitrogens with one attached hydrogen (secondary N) is 2. The number of thioether (sulfide) groups is 1. The SMILES string of the molecule is CCCNc1nnc(S[C@H](C)C(=O)N[C@@H](C)c2ccc(F)cc2)s1. The Kier molecular flexibility index (Phi) is 6.99. The lowest BCUT2D eigenvalue weighted by Crippen LogP contribution is -2.33. The van der Waals surface area contributed by atoms with Gasteiger partial charge in [-0.05, 0) is 38.0 Å². The molecule has 1 heterocycles. The van der Waals surface area contributed by atoms with Gasteiger partial charge in [-0.2, -0.15) is 0 Å². The number of nitrogens with zero attached hydrogens (tertiary/aromatic N) is 2. The number of halogens is 1. The standard InChI is InChI=1S/C16H21FN4OS2/c1-4-9-18-15-20-21-16(24-15)23-11(3)14(22)19-10(2)12-5-7-13(17)8-6-12/h5-8,10-11H,4,9H2,1-3H3,(H,18,20)(H,19,22)/t10-,11+/m0/s1. The van der Waals surface area contributed by atoms with E-state index in [1.165, 1.54) is 35.2 Å². The van der Waals surface area contributed by atoms with Crippen LogP contribution in [0.15, 0.2) is 28.6 Å². The lowest BCUT2D eigenvalue weighted by molar-refractivity contribution is -0.120. The molecule has 0 aliphatic heterocycles. The topological polar surface area (TPSA) is 66.9 Å².